The van der Waals surface area contributed by atoms with Crippen LogP contribution in [0.15, 0.2) is 0 Å². The molecule has 0 amide bonds. The van der Waals surface area contributed by atoms with Crippen LogP contribution in [0, 0.1) is 0 Å². The molecule has 0 saturated carbocycles. The Labute approximate surface area is 90.6 Å². The van der Waals surface area contributed by atoms with Gasteiger partial charge in [0.25, 0.3) is 0 Å². The van der Waals surface area contributed by atoms with Crippen molar-refractivity contribution in [2.45, 2.75) is 0 Å². The molecule has 0 aliphatic heterocycles. The van der Waals surface area contributed by atoms with Crippen LogP contribution < -0.4 is 0 Å². The molecule has 0 fully saturated rings. The van der Waals surface area contributed by atoms with E-state index in [0.717, 1.165) is 0 Å². The van der Waals surface area contributed by atoms with Gasteiger partial charge in [-0.3, -0.25) is 0 Å². The summed E-state index contributed by atoms with van der Waals surface area (Å²) in [7, 11) is -7.86. The maximum atomic E-state index is 7.23. The van der Waals surface area contributed by atoms with Gasteiger partial charge >= 0.3 is 25.8 Å². The van der Waals surface area contributed by atoms with E-state index in [9.17, 15) is 0 Å². The zero-order valence-electron chi connectivity index (χ0n) is 5.68. The molecule has 88 valence electrons. The Bertz CT molecular complexity index is 43.4. The van der Waals surface area contributed by atoms with Crippen molar-refractivity contribution in [2.75, 3.05) is 0 Å². The summed E-state index contributed by atoms with van der Waals surface area (Å²) in [6.07, 6.45) is 0. The van der Waals surface area contributed by atoms with Crippen molar-refractivity contribution in [2.24, 2.45) is 0 Å². The first kappa shape index (κ1) is 24.0. The van der Waals surface area contributed by atoms with Crippen molar-refractivity contribution < 1.29 is 64.5 Å². The van der Waals surface area contributed by atoms with Crippen LogP contribution in [0.3, 0.4) is 0 Å². The van der Waals surface area contributed by atoms with Gasteiger partial charge < -0.3 is 44.0 Å². The van der Waals surface area contributed by atoms with E-state index in [0.29, 0.717) is 0 Å². The molecule has 0 unspecified atom stereocenters. The van der Waals surface area contributed by atoms with Crippen molar-refractivity contribution in [1.82, 2.24) is 0 Å². The van der Waals surface area contributed by atoms with E-state index in [1.807, 2.05) is 0 Å². The summed E-state index contributed by atoms with van der Waals surface area (Å²) in [6.45, 7) is 0. The molecule has 0 aliphatic carbocycles. The maximum absolute atomic E-state index is 7.23. The fourth-order valence-electron chi connectivity index (χ4n) is 0. The molecule has 0 bridgehead atoms. The number of rotatable bonds is 0. The van der Waals surface area contributed by atoms with E-state index in [4.69, 9.17) is 44.0 Å². The first-order valence-corrected chi connectivity index (χ1v) is 5.40. The first-order valence-electron chi connectivity index (χ1n) is 1.80. The third-order valence-corrected chi connectivity index (χ3v) is 0. The van der Waals surface area contributed by atoms with E-state index in [1.54, 1.807) is 0 Å². The predicted molar refractivity (Wildman–Crippen MR) is 40.7 cm³/mol. The van der Waals surface area contributed by atoms with Gasteiger partial charge in [-0.2, -0.15) is 0 Å². The van der Waals surface area contributed by atoms with Crippen molar-refractivity contribution in [3.63, 3.8) is 0 Å². The summed E-state index contributed by atoms with van der Waals surface area (Å²) in [5.74, 6) is 0. The summed E-state index contributed by atoms with van der Waals surface area (Å²) < 4.78 is 0. The molecule has 13 heteroatoms. The molecular weight excluding hydrogens is 343 g/mol. The fourth-order valence-corrected chi connectivity index (χ4v) is 0. The Morgan fingerprint density at radius 3 is 0.385 bits per heavy atom. The molecule has 9 nitrogen and oxygen atoms in total. The molecule has 13 heavy (non-hydrogen) atoms. The zero-order chi connectivity index (χ0) is 10.7. The molecule has 0 radical (unpaired) electrons. The summed E-state index contributed by atoms with van der Waals surface area (Å²) in [5.41, 5.74) is 0. The molecule has 0 rings (SSSR count). The van der Waals surface area contributed by atoms with Crippen molar-refractivity contribution in [1.29, 1.82) is 0 Å². The normalized spacial score (nSPS) is 8.31. The van der Waals surface area contributed by atoms with Gasteiger partial charge in [0.05, 0.1) is 0 Å². The van der Waals surface area contributed by atoms with Crippen LogP contribution >= 0.6 is 25.8 Å². The molecular formula is H9O9P3Pd. The van der Waals surface area contributed by atoms with Crippen LogP contribution in [0.1, 0.15) is 0 Å². The van der Waals surface area contributed by atoms with Crippen LogP contribution in [-0.2, 0) is 20.4 Å². The molecule has 0 aromatic carbocycles. The van der Waals surface area contributed by atoms with Gasteiger partial charge in [0.1, 0.15) is 0 Å². The Hall–Kier alpha value is 1.59. The Morgan fingerprint density at radius 1 is 0.385 bits per heavy atom. The van der Waals surface area contributed by atoms with Gasteiger partial charge in [-0.1, -0.05) is 0 Å². The van der Waals surface area contributed by atoms with E-state index >= 15 is 0 Å². The maximum Gasteiger partial charge on any atom is 0.324 e. The van der Waals surface area contributed by atoms with Gasteiger partial charge in [0, 0.05) is 20.4 Å². The minimum Gasteiger partial charge on any atom is -0.328 e. The molecule has 0 atom stereocenters. The van der Waals surface area contributed by atoms with Crippen molar-refractivity contribution >= 4 is 25.8 Å². The smallest absolute Gasteiger partial charge is 0.324 e. The fraction of sp³-hybridized carbons (Fsp3) is 0. The Morgan fingerprint density at radius 2 is 0.385 bits per heavy atom. The van der Waals surface area contributed by atoms with Gasteiger partial charge in [-0.15, -0.1) is 0 Å². The van der Waals surface area contributed by atoms with Gasteiger partial charge in [-0.25, -0.2) is 0 Å². The molecule has 0 aromatic rings. The number of hydrogen-bond acceptors (Lipinski definition) is 9. The standard InChI is InChI=1S/3H3O3P.Pd/c3*1-4(2)3;/h3*1-3H;. The largest absolute Gasteiger partial charge is 0.328 e. The second-order valence-corrected chi connectivity index (χ2v) is 2.41. The average Bonchev–Trinajstić information content (AvgIpc) is 1.54. The topological polar surface area (TPSA) is 182 Å². The van der Waals surface area contributed by atoms with Gasteiger partial charge in [-0.05, 0) is 0 Å². The molecule has 0 heterocycles. The Balaban J connectivity index is -0.0000000450. The van der Waals surface area contributed by atoms with E-state index < -0.39 is 25.8 Å². The molecule has 0 aromatic heterocycles. The SMILES string of the molecule is OP(O)O.OP(O)O.OP(O)O.[Pd]. The van der Waals surface area contributed by atoms with Crippen molar-refractivity contribution in [3.8, 4) is 0 Å². The molecule has 0 spiro atoms. The van der Waals surface area contributed by atoms with Crippen LogP contribution in [0.25, 0.3) is 0 Å². The summed E-state index contributed by atoms with van der Waals surface area (Å²) in [6, 6.07) is 0. The monoisotopic (exact) mass is 352 g/mol. The second-order valence-electron chi connectivity index (χ2n) is 0.805. The molecule has 0 saturated heterocycles. The zero-order valence-corrected chi connectivity index (χ0v) is 9.92. The summed E-state index contributed by atoms with van der Waals surface area (Å²) in [5, 5.41) is 0. The molecule has 0 aliphatic rings. The summed E-state index contributed by atoms with van der Waals surface area (Å²) in [4.78, 5) is 65.1. The third kappa shape index (κ3) is 720. The molecule has 9 N–H and O–H groups in total. The Kier molecular flexibility index (Phi) is 35.5. The summed E-state index contributed by atoms with van der Waals surface area (Å²) >= 11 is 0. The predicted octanol–water partition coefficient (Wildman–Crippen LogP) is -2.43. The van der Waals surface area contributed by atoms with Crippen LogP contribution in [0.2, 0.25) is 0 Å². The van der Waals surface area contributed by atoms with Crippen LogP contribution in [0.4, 0.5) is 0 Å². The van der Waals surface area contributed by atoms with E-state index in [1.165, 1.54) is 0 Å². The number of hydrogen-bond donors (Lipinski definition) is 9. The first-order chi connectivity index (χ1) is 5.20. The third-order valence-electron chi connectivity index (χ3n) is 0. The van der Waals surface area contributed by atoms with Crippen LogP contribution in [0.5, 0.6) is 0 Å². The van der Waals surface area contributed by atoms with Gasteiger partial charge in [0.2, 0.25) is 0 Å². The van der Waals surface area contributed by atoms with E-state index in [-0.39, 0.29) is 20.4 Å². The second kappa shape index (κ2) is 19.2. The quantitative estimate of drug-likeness (QED) is 0.169. The van der Waals surface area contributed by atoms with Crippen molar-refractivity contribution in [3.05, 3.63) is 0 Å². The van der Waals surface area contributed by atoms with Gasteiger partial charge in [0.15, 0.2) is 0 Å². The van der Waals surface area contributed by atoms with E-state index in [2.05, 4.69) is 0 Å². The van der Waals surface area contributed by atoms with Crippen LogP contribution in [-0.4, -0.2) is 44.0 Å². The minimum absolute atomic E-state index is 0. The minimum atomic E-state index is -2.62. The average molecular weight is 352 g/mol.